The fourth-order valence-electron chi connectivity index (χ4n) is 3.16. The van der Waals surface area contributed by atoms with E-state index in [4.69, 9.17) is 1.37 Å². The van der Waals surface area contributed by atoms with Crippen LogP contribution in [0.5, 0.6) is 0 Å². The van der Waals surface area contributed by atoms with Crippen molar-refractivity contribution in [2.24, 2.45) is 11.8 Å². The molecule has 108 valence electrons. The molecule has 6 heteroatoms. The number of rotatable bonds is 2. The molecule has 1 saturated carbocycles. The number of hydrogen-bond acceptors (Lipinski definition) is 5. The summed E-state index contributed by atoms with van der Waals surface area (Å²) in [6, 6.07) is -0.274. The number of aromatic nitrogens is 4. The Labute approximate surface area is 118 Å². The Balaban J connectivity index is 2.17. The molecule has 2 aromatic rings. The van der Waals surface area contributed by atoms with Gasteiger partial charge < -0.3 is 14.8 Å². The molecular weight excluding hydrogens is 256 g/mol. The summed E-state index contributed by atoms with van der Waals surface area (Å²) in [4.78, 5) is 13.0. The zero-order valence-electron chi connectivity index (χ0n) is 12.9. The van der Waals surface area contributed by atoms with E-state index in [1.165, 1.54) is 6.33 Å². The molecule has 0 aromatic carbocycles. The van der Waals surface area contributed by atoms with E-state index in [0.717, 1.165) is 17.0 Å². The Morgan fingerprint density at radius 3 is 2.85 bits per heavy atom. The second kappa shape index (κ2) is 4.79. The van der Waals surface area contributed by atoms with Crippen LogP contribution in [0.25, 0.3) is 11.2 Å². The fourth-order valence-corrected chi connectivity index (χ4v) is 3.16. The Hall–Kier alpha value is -1.53. The molecular formula is C14H20N4O2. The average molecular weight is 278 g/mol. The van der Waals surface area contributed by atoms with Crippen molar-refractivity contribution < 1.29 is 11.6 Å². The molecule has 2 heterocycles. The number of hydrogen-bond donors (Lipinski definition) is 2. The van der Waals surface area contributed by atoms with Crippen LogP contribution >= 0.6 is 0 Å². The van der Waals surface area contributed by atoms with Gasteiger partial charge in [-0.3, -0.25) is 0 Å². The summed E-state index contributed by atoms with van der Waals surface area (Å²) >= 11 is 0. The van der Waals surface area contributed by atoms with Crippen LogP contribution in [0.15, 0.2) is 6.33 Å². The van der Waals surface area contributed by atoms with Crippen molar-refractivity contribution in [1.82, 2.24) is 19.5 Å². The minimum Gasteiger partial charge on any atom is -0.396 e. The number of aryl methyl sites for hydroxylation is 2. The first-order chi connectivity index (χ1) is 9.87. The lowest BCUT2D eigenvalue weighted by molar-refractivity contribution is 0.0633. The molecule has 0 amide bonds. The molecule has 0 saturated heterocycles. The van der Waals surface area contributed by atoms with Crippen LogP contribution in [0.2, 0.25) is 0 Å². The maximum Gasteiger partial charge on any atom is 0.163 e. The number of aliphatic hydroxyl groups excluding tert-OH is 2. The lowest BCUT2D eigenvalue weighted by atomic mass is 10.0. The largest absolute Gasteiger partial charge is 0.396 e. The second-order valence-corrected chi connectivity index (χ2v) is 5.54. The summed E-state index contributed by atoms with van der Waals surface area (Å²) < 4.78 is 10.4. The van der Waals surface area contributed by atoms with Gasteiger partial charge in [0.2, 0.25) is 0 Å². The van der Waals surface area contributed by atoms with E-state index >= 15 is 0 Å². The van der Waals surface area contributed by atoms with Crippen LogP contribution in [0.3, 0.4) is 0 Å². The maximum absolute atomic E-state index is 10.3. The molecule has 3 rings (SSSR count). The van der Waals surface area contributed by atoms with Crippen LogP contribution in [0, 0.1) is 25.7 Å². The first kappa shape index (κ1) is 12.2. The highest BCUT2D eigenvalue weighted by Crippen LogP contribution is 2.41. The lowest BCUT2D eigenvalue weighted by Crippen LogP contribution is -2.23. The molecule has 0 radical (unpaired) electrons. The van der Waals surface area contributed by atoms with Crippen molar-refractivity contribution in [3.63, 3.8) is 0 Å². The average Bonchev–Trinajstić information content (AvgIpc) is 2.87. The predicted molar refractivity (Wildman–Crippen MR) is 74.2 cm³/mol. The SMILES string of the molecule is [3H]C1(C)C(O)C(CO)CC1n1c(C)nc2c(C)ncnc21. The highest BCUT2D eigenvalue weighted by atomic mass is 16.3. The van der Waals surface area contributed by atoms with Gasteiger partial charge in [0.05, 0.1) is 11.8 Å². The van der Waals surface area contributed by atoms with Crippen molar-refractivity contribution in [3.05, 3.63) is 17.8 Å². The molecule has 1 aliphatic carbocycles. The predicted octanol–water partition coefficient (Wildman–Crippen LogP) is 0.993. The van der Waals surface area contributed by atoms with Gasteiger partial charge in [-0.15, -0.1) is 0 Å². The number of aliphatic hydroxyl groups is 2. The third-order valence-electron chi connectivity index (χ3n) is 4.35. The van der Waals surface area contributed by atoms with E-state index in [1.54, 1.807) is 6.92 Å². The molecule has 0 spiro atoms. The molecule has 1 aliphatic rings. The summed E-state index contributed by atoms with van der Waals surface area (Å²) in [7, 11) is 0. The second-order valence-electron chi connectivity index (χ2n) is 5.54. The summed E-state index contributed by atoms with van der Waals surface area (Å²) in [5.74, 6) is -0.634. The Morgan fingerprint density at radius 1 is 1.45 bits per heavy atom. The number of nitrogens with zero attached hydrogens (tertiary/aromatic N) is 4. The third-order valence-corrected chi connectivity index (χ3v) is 4.35. The Bertz CT molecular complexity index is 685. The van der Waals surface area contributed by atoms with Crippen LogP contribution in [0.4, 0.5) is 0 Å². The van der Waals surface area contributed by atoms with Gasteiger partial charge in [0.15, 0.2) is 5.65 Å². The van der Waals surface area contributed by atoms with Gasteiger partial charge in [0, 0.05) is 25.8 Å². The van der Waals surface area contributed by atoms with Crippen LogP contribution in [-0.4, -0.2) is 42.4 Å². The van der Waals surface area contributed by atoms with Gasteiger partial charge in [-0.25, -0.2) is 15.0 Å². The highest BCUT2D eigenvalue weighted by Gasteiger charge is 2.41. The van der Waals surface area contributed by atoms with Crippen LogP contribution in [0.1, 0.15) is 32.3 Å². The maximum atomic E-state index is 10.3. The first-order valence-corrected chi connectivity index (χ1v) is 6.83. The van der Waals surface area contributed by atoms with Gasteiger partial charge in [0.25, 0.3) is 0 Å². The Morgan fingerprint density at radius 2 is 2.20 bits per heavy atom. The van der Waals surface area contributed by atoms with Gasteiger partial charge in [-0.05, 0) is 20.3 Å². The van der Waals surface area contributed by atoms with Crippen molar-refractivity contribution >= 4 is 11.2 Å². The number of fused-ring (bicyclic) bond motifs is 1. The summed E-state index contributed by atoms with van der Waals surface area (Å²) in [5.41, 5.74) is 2.22. The smallest absolute Gasteiger partial charge is 0.163 e. The normalized spacial score (nSPS) is 34.6. The van der Waals surface area contributed by atoms with Crippen molar-refractivity contribution in [1.29, 1.82) is 0 Å². The van der Waals surface area contributed by atoms with Crippen molar-refractivity contribution in [3.8, 4) is 0 Å². The van der Waals surface area contributed by atoms with E-state index in [9.17, 15) is 10.2 Å². The van der Waals surface area contributed by atoms with E-state index in [1.807, 2.05) is 18.4 Å². The molecule has 4 unspecified atom stereocenters. The van der Waals surface area contributed by atoms with Gasteiger partial charge in [-0.2, -0.15) is 0 Å². The lowest BCUT2D eigenvalue weighted by Gasteiger charge is -2.20. The zero-order chi connectivity index (χ0) is 15.4. The summed E-state index contributed by atoms with van der Waals surface area (Å²) in [6.45, 7) is 5.33. The van der Waals surface area contributed by atoms with Gasteiger partial charge in [0.1, 0.15) is 17.7 Å². The zero-order valence-corrected chi connectivity index (χ0v) is 11.9. The Kier molecular flexibility index (Phi) is 2.93. The third kappa shape index (κ3) is 1.83. The molecule has 0 bridgehead atoms. The molecule has 20 heavy (non-hydrogen) atoms. The molecule has 0 aliphatic heterocycles. The molecule has 4 atom stereocenters. The summed E-state index contributed by atoms with van der Waals surface area (Å²) in [6.07, 6.45) is 1.16. The quantitative estimate of drug-likeness (QED) is 0.856. The molecule has 2 aromatic heterocycles. The number of imidazole rings is 1. The molecule has 6 nitrogen and oxygen atoms in total. The van der Waals surface area contributed by atoms with Crippen molar-refractivity contribution in [2.45, 2.75) is 39.3 Å². The minimum atomic E-state index is -1.09. The molecule has 1 fully saturated rings. The van der Waals surface area contributed by atoms with Gasteiger partial charge >= 0.3 is 0 Å². The molecule has 2 N–H and O–H groups in total. The van der Waals surface area contributed by atoms with E-state index in [-0.39, 0.29) is 18.6 Å². The summed E-state index contributed by atoms with van der Waals surface area (Å²) in [5, 5.41) is 19.7. The van der Waals surface area contributed by atoms with E-state index in [2.05, 4.69) is 15.0 Å². The highest BCUT2D eigenvalue weighted by molar-refractivity contribution is 5.73. The topological polar surface area (TPSA) is 84.1 Å². The van der Waals surface area contributed by atoms with E-state index in [0.29, 0.717) is 12.1 Å². The van der Waals surface area contributed by atoms with Gasteiger partial charge in [-0.1, -0.05) is 6.92 Å². The minimum absolute atomic E-state index is 0.119. The van der Waals surface area contributed by atoms with Crippen molar-refractivity contribution in [2.75, 3.05) is 6.61 Å². The first-order valence-electron chi connectivity index (χ1n) is 7.33. The standard InChI is InChI=1S/C14H20N4O2/c1-7-11(4-10(5-19)13(7)20)18-9(3)17-12-8(2)15-6-16-14(12)18/h6-7,10-11,13,19-20H,4-5H2,1-3H3/i7T. The monoisotopic (exact) mass is 278 g/mol. The fraction of sp³-hybridized carbons (Fsp3) is 0.643. The van der Waals surface area contributed by atoms with E-state index < -0.39 is 12.0 Å². The van der Waals surface area contributed by atoms with Crippen LogP contribution < -0.4 is 0 Å². The van der Waals surface area contributed by atoms with Crippen LogP contribution in [-0.2, 0) is 0 Å².